The minimum Gasteiger partial charge on any atom is -0.310 e. The summed E-state index contributed by atoms with van der Waals surface area (Å²) in [7, 11) is -3.78. The van der Waals surface area contributed by atoms with E-state index < -0.39 is 10.0 Å². The van der Waals surface area contributed by atoms with Gasteiger partial charge >= 0.3 is 0 Å². The van der Waals surface area contributed by atoms with Crippen molar-refractivity contribution in [3.63, 3.8) is 0 Å². The van der Waals surface area contributed by atoms with E-state index in [0.717, 1.165) is 21.7 Å². The summed E-state index contributed by atoms with van der Waals surface area (Å²) in [6.07, 6.45) is 0.138. The van der Waals surface area contributed by atoms with E-state index in [1.165, 1.54) is 0 Å². The van der Waals surface area contributed by atoms with Crippen molar-refractivity contribution in [1.29, 1.82) is 0 Å². The molecule has 2 aliphatic heterocycles. The molecule has 1 atom stereocenters. The first kappa shape index (κ1) is 17.4. The number of amides is 1. The van der Waals surface area contributed by atoms with Crippen LogP contribution in [0.5, 0.6) is 0 Å². The van der Waals surface area contributed by atoms with Crippen molar-refractivity contribution in [3.8, 4) is 0 Å². The minimum absolute atomic E-state index is 0.0252. The van der Waals surface area contributed by atoms with E-state index >= 15 is 0 Å². The summed E-state index contributed by atoms with van der Waals surface area (Å²) >= 11 is 1.69. The maximum atomic E-state index is 13.1. The standard InChI is InChI=1S/C19H20N2O3S2/c1-11-4-5-12(2)15(8-11)20-26(23,24)17-7-6-16-19-14(17)9-18(22)21(19)10-13(3)25-16/h4-8,13,20H,9-10H2,1-3H3/t13-/m1/s1. The summed E-state index contributed by atoms with van der Waals surface area (Å²) in [4.78, 5) is 15.3. The third-order valence-electron chi connectivity index (χ3n) is 4.80. The zero-order chi connectivity index (χ0) is 18.6. The predicted octanol–water partition coefficient (Wildman–Crippen LogP) is 3.49. The van der Waals surface area contributed by atoms with Gasteiger partial charge in [-0.25, -0.2) is 8.42 Å². The molecule has 2 aliphatic rings. The van der Waals surface area contributed by atoms with Gasteiger partial charge in [0.1, 0.15) is 0 Å². The smallest absolute Gasteiger partial charge is 0.262 e. The van der Waals surface area contributed by atoms with E-state index in [-0.39, 0.29) is 17.2 Å². The first-order valence-electron chi connectivity index (χ1n) is 8.49. The molecule has 4 rings (SSSR count). The van der Waals surface area contributed by atoms with Gasteiger partial charge in [0.05, 0.1) is 22.7 Å². The van der Waals surface area contributed by atoms with Gasteiger partial charge in [-0.1, -0.05) is 19.1 Å². The molecular formula is C19H20N2O3S2. The van der Waals surface area contributed by atoms with Crippen LogP contribution in [0.1, 0.15) is 23.6 Å². The number of sulfonamides is 1. The predicted molar refractivity (Wildman–Crippen MR) is 105 cm³/mol. The van der Waals surface area contributed by atoms with Crippen LogP contribution in [0, 0.1) is 13.8 Å². The van der Waals surface area contributed by atoms with Crippen LogP contribution in [-0.4, -0.2) is 26.1 Å². The minimum atomic E-state index is -3.78. The van der Waals surface area contributed by atoms with Gasteiger partial charge in [0.15, 0.2) is 0 Å². The lowest BCUT2D eigenvalue weighted by molar-refractivity contribution is -0.117. The normalized spacial score (nSPS) is 18.8. The van der Waals surface area contributed by atoms with E-state index in [1.807, 2.05) is 38.1 Å². The molecule has 26 heavy (non-hydrogen) atoms. The van der Waals surface area contributed by atoms with E-state index in [0.29, 0.717) is 23.0 Å². The van der Waals surface area contributed by atoms with Crippen LogP contribution in [0.25, 0.3) is 0 Å². The van der Waals surface area contributed by atoms with Crippen molar-refractivity contribution < 1.29 is 13.2 Å². The van der Waals surface area contributed by atoms with Gasteiger partial charge in [0, 0.05) is 22.3 Å². The summed E-state index contributed by atoms with van der Waals surface area (Å²) in [5, 5.41) is 0.299. The molecule has 0 saturated carbocycles. The number of hydrogen-bond acceptors (Lipinski definition) is 4. The number of nitrogens with one attached hydrogen (secondary N) is 1. The quantitative estimate of drug-likeness (QED) is 0.874. The van der Waals surface area contributed by atoms with Gasteiger partial charge in [-0.05, 0) is 43.2 Å². The highest BCUT2D eigenvalue weighted by molar-refractivity contribution is 8.00. The second kappa shape index (κ2) is 6.03. The Morgan fingerprint density at radius 1 is 1.19 bits per heavy atom. The first-order chi connectivity index (χ1) is 12.3. The SMILES string of the molecule is Cc1ccc(C)c(NS(=O)(=O)c2ccc3c4c2CC(=O)N4C[C@@H](C)S3)c1. The van der Waals surface area contributed by atoms with Crippen LogP contribution < -0.4 is 9.62 Å². The number of carbonyl (C=O) groups is 1. The topological polar surface area (TPSA) is 66.5 Å². The Balaban J connectivity index is 1.80. The molecule has 2 heterocycles. The molecule has 7 heteroatoms. The molecule has 0 unspecified atom stereocenters. The Morgan fingerprint density at radius 3 is 2.73 bits per heavy atom. The molecule has 136 valence electrons. The van der Waals surface area contributed by atoms with Crippen LogP contribution in [0.4, 0.5) is 11.4 Å². The number of thioether (sulfide) groups is 1. The van der Waals surface area contributed by atoms with Gasteiger partial charge in [-0.15, -0.1) is 11.8 Å². The Morgan fingerprint density at radius 2 is 1.96 bits per heavy atom. The molecule has 0 saturated heterocycles. The van der Waals surface area contributed by atoms with Crippen LogP contribution >= 0.6 is 11.8 Å². The van der Waals surface area contributed by atoms with E-state index in [9.17, 15) is 13.2 Å². The van der Waals surface area contributed by atoms with E-state index in [4.69, 9.17) is 0 Å². The molecule has 2 aromatic rings. The number of carbonyl (C=O) groups excluding carboxylic acids is 1. The van der Waals surface area contributed by atoms with Gasteiger partial charge < -0.3 is 4.90 Å². The zero-order valence-electron chi connectivity index (χ0n) is 14.9. The molecule has 0 spiro atoms. The highest BCUT2D eigenvalue weighted by atomic mass is 32.2. The molecule has 0 radical (unpaired) electrons. The lowest BCUT2D eigenvalue weighted by Crippen LogP contribution is -2.35. The first-order valence-corrected chi connectivity index (χ1v) is 10.9. The fourth-order valence-corrected chi connectivity index (χ4v) is 6.04. The lowest BCUT2D eigenvalue weighted by Gasteiger charge is -2.29. The van der Waals surface area contributed by atoms with Crippen molar-refractivity contribution in [2.24, 2.45) is 0 Å². The number of aryl methyl sites for hydroxylation is 2. The average molecular weight is 389 g/mol. The Bertz CT molecular complexity index is 1030. The average Bonchev–Trinajstić information content (AvgIpc) is 2.88. The molecule has 1 N–H and O–H groups in total. The van der Waals surface area contributed by atoms with Crippen molar-refractivity contribution in [3.05, 3.63) is 47.0 Å². The highest BCUT2D eigenvalue weighted by Gasteiger charge is 2.38. The molecule has 0 bridgehead atoms. The number of benzene rings is 2. The molecule has 5 nitrogen and oxygen atoms in total. The highest BCUT2D eigenvalue weighted by Crippen LogP contribution is 2.46. The Hall–Kier alpha value is -1.99. The Kier molecular flexibility index (Phi) is 4.04. The van der Waals surface area contributed by atoms with Crippen LogP contribution in [0.15, 0.2) is 40.1 Å². The van der Waals surface area contributed by atoms with Gasteiger partial charge in [0.2, 0.25) is 5.91 Å². The maximum Gasteiger partial charge on any atom is 0.262 e. The maximum absolute atomic E-state index is 13.1. The summed E-state index contributed by atoms with van der Waals surface area (Å²) < 4.78 is 28.8. The van der Waals surface area contributed by atoms with E-state index in [2.05, 4.69) is 11.6 Å². The largest absolute Gasteiger partial charge is 0.310 e. The number of rotatable bonds is 3. The molecule has 1 amide bonds. The third-order valence-corrected chi connectivity index (χ3v) is 7.38. The molecule has 0 aromatic heterocycles. The Labute approximate surface area is 157 Å². The zero-order valence-corrected chi connectivity index (χ0v) is 16.5. The van der Waals surface area contributed by atoms with Crippen LogP contribution in [0.2, 0.25) is 0 Å². The molecule has 2 aromatic carbocycles. The second-order valence-corrected chi connectivity index (χ2v) is 10.1. The lowest BCUT2D eigenvalue weighted by atomic mass is 10.1. The van der Waals surface area contributed by atoms with Crippen molar-refractivity contribution >= 4 is 39.1 Å². The third kappa shape index (κ3) is 2.79. The van der Waals surface area contributed by atoms with Crippen LogP contribution in [-0.2, 0) is 21.2 Å². The van der Waals surface area contributed by atoms with Crippen molar-refractivity contribution in [2.75, 3.05) is 16.2 Å². The summed E-state index contributed by atoms with van der Waals surface area (Å²) in [6.45, 7) is 6.49. The summed E-state index contributed by atoms with van der Waals surface area (Å²) in [5.41, 5.74) is 3.80. The van der Waals surface area contributed by atoms with Crippen molar-refractivity contribution in [2.45, 2.75) is 42.2 Å². The number of nitrogens with zero attached hydrogens (tertiary/aromatic N) is 1. The van der Waals surface area contributed by atoms with Crippen molar-refractivity contribution in [1.82, 2.24) is 0 Å². The molecular weight excluding hydrogens is 368 g/mol. The monoisotopic (exact) mass is 388 g/mol. The number of anilines is 2. The summed E-state index contributed by atoms with van der Waals surface area (Å²) in [6, 6.07) is 9.11. The molecule has 0 aliphatic carbocycles. The number of hydrogen-bond donors (Lipinski definition) is 1. The second-order valence-electron chi connectivity index (χ2n) is 6.92. The van der Waals surface area contributed by atoms with Gasteiger partial charge in [0.25, 0.3) is 10.0 Å². The fourth-order valence-electron chi connectivity index (χ4n) is 3.53. The van der Waals surface area contributed by atoms with Crippen LogP contribution in [0.3, 0.4) is 0 Å². The van der Waals surface area contributed by atoms with Gasteiger partial charge in [-0.2, -0.15) is 0 Å². The fraction of sp³-hybridized carbons (Fsp3) is 0.316. The summed E-state index contributed by atoms with van der Waals surface area (Å²) in [5.74, 6) is -0.0252. The van der Waals surface area contributed by atoms with E-state index in [1.54, 1.807) is 22.7 Å². The van der Waals surface area contributed by atoms with Gasteiger partial charge in [-0.3, -0.25) is 9.52 Å². The molecule has 0 fully saturated rings.